The predicted molar refractivity (Wildman–Crippen MR) is 96.5 cm³/mol. The molecule has 0 amide bonds. The zero-order valence-corrected chi connectivity index (χ0v) is 14.3. The first kappa shape index (κ1) is 14.9. The molecule has 0 radical (unpaired) electrons. The van der Waals surface area contributed by atoms with E-state index in [0.717, 1.165) is 53.0 Å². The highest BCUT2D eigenvalue weighted by atomic mass is 16.5. The number of aromatic nitrogens is 6. The number of pyridine rings is 2. The molecule has 8 heteroatoms. The van der Waals surface area contributed by atoms with Gasteiger partial charge in [-0.15, -0.1) is 10.2 Å². The average Bonchev–Trinajstić information content (AvgIpc) is 3.18. The number of nitrogens with one attached hydrogen (secondary N) is 1. The van der Waals surface area contributed by atoms with Gasteiger partial charge in [-0.25, -0.2) is 9.38 Å². The fraction of sp³-hybridized carbons (Fsp3) is 0.222. The van der Waals surface area contributed by atoms with E-state index in [-0.39, 0.29) is 0 Å². The molecule has 130 valence electrons. The number of nitrogens with zero attached hydrogens (tertiary/aromatic N) is 6. The van der Waals surface area contributed by atoms with Crippen molar-refractivity contribution in [2.24, 2.45) is 7.05 Å². The van der Waals surface area contributed by atoms with Crippen LogP contribution in [0.15, 0.2) is 42.7 Å². The number of rotatable bonds is 3. The summed E-state index contributed by atoms with van der Waals surface area (Å²) in [4.78, 5) is 4.40. The van der Waals surface area contributed by atoms with Crippen molar-refractivity contribution in [3.63, 3.8) is 0 Å². The fourth-order valence-electron chi connectivity index (χ4n) is 3.19. The Kier molecular flexibility index (Phi) is 3.34. The van der Waals surface area contributed by atoms with E-state index in [1.165, 1.54) is 0 Å². The van der Waals surface area contributed by atoms with Crippen LogP contribution in [-0.2, 0) is 13.5 Å². The predicted octanol–water partition coefficient (Wildman–Crippen LogP) is 2.59. The lowest BCUT2D eigenvalue weighted by atomic mass is 10.1. The zero-order chi connectivity index (χ0) is 17.5. The maximum Gasteiger partial charge on any atom is 0.201 e. The summed E-state index contributed by atoms with van der Waals surface area (Å²) in [6, 6.07) is 9.94. The van der Waals surface area contributed by atoms with Crippen molar-refractivity contribution >= 4 is 17.3 Å². The Balaban J connectivity index is 1.56. The SMILES string of the molecule is Cn1nccc1Nc1cc(-c2cc3n4c(nnc4c2)CCCO3)ccn1. The average molecular weight is 347 g/mol. The number of hydrogen-bond donors (Lipinski definition) is 1. The quantitative estimate of drug-likeness (QED) is 0.613. The summed E-state index contributed by atoms with van der Waals surface area (Å²) in [5.74, 6) is 3.36. The molecule has 26 heavy (non-hydrogen) atoms. The largest absolute Gasteiger partial charge is 0.478 e. The molecule has 0 aromatic carbocycles. The second-order valence-electron chi connectivity index (χ2n) is 6.24. The van der Waals surface area contributed by atoms with Crippen molar-refractivity contribution in [3.05, 3.63) is 48.5 Å². The van der Waals surface area contributed by atoms with Crippen LogP contribution in [0.2, 0.25) is 0 Å². The Morgan fingerprint density at radius 1 is 1.08 bits per heavy atom. The van der Waals surface area contributed by atoms with E-state index in [0.29, 0.717) is 6.61 Å². The highest BCUT2D eigenvalue weighted by molar-refractivity contribution is 5.72. The van der Waals surface area contributed by atoms with Crippen LogP contribution in [0.4, 0.5) is 11.6 Å². The molecule has 0 aliphatic carbocycles. The van der Waals surface area contributed by atoms with Gasteiger partial charge in [-0.05, 0) is 35.7 Å². The van der Waals surface area contributed by atoms with Crippen molar-refractivity contribution in [3.8, 4) is 17.0 Å². The first-order chi connectivity index (χ1) is 12.8. The molecule has 0 saturated heterocycles. The Morgan fingerprint density at radius 2 is 2.04 bits per heavy atom. The van der Waals surface area contributed by atoms with Gasteiger partial charge in [-0.2, -0.15) is 5.10 Å². The molecule has 1 aliphatic heterocycles. The summed E-state index contributed by atoms with van der Waals surface area (Å²) in [5.41, 5.74) is 2.84. The van der Waals surface area contributed by atoms with E-state index in [9.17, 15) is 0 Å². The molecule has 0 bridgehead atoms. The summed E-state index contributed by atoms with van der Waals surface area (Å²) in [6.45, 7) is 0.686. The van der Waals surface area contributed by atoms with E-state index in [1.54, 1.807) is 17.1 Å². The first-order valence-corrected chi connectivity index (χ1v) is 8.50. The van der Waals surface area contributed by atoms with E-state index in [2.05, 4.69) is 25.6 Å². The molecular formula is C18H17N7O. The molecule has 5 heterocycles. The molecule has 4 aromatic rings. The van der Waals surface area contributed by atoms with E-state index < -0.39 is 0 Å². The van der Waals surface area contributed by atoms with Gasteiger partial charge in [0.2, 0.25) is 5.88 Å². The number of hydrogen-bond acceptors (Lipinski definition) is 6. The maximum atomic E-state index is 5.91. The van der Waals surface area contributed by atoms with Crippen molar-refractivity contribution in [1.29, 1.82) is 0 Å². The van der Waals surface area contributed by atoms with E-state index in [4.69, 9.17) is 4.74 Å². The molecule has 0 atom stereocenters. The van der Waals surface area contributed by atoms with Crippen LogP contribution in [0.5, 0.6) is 5.88 Å². The van der Waals surface area contributed by atoms with Crippen LogP contribution in [0.1, 0.15) is 12.2 Å². The molecule has 0 spiro atoms. The second kappa shape index (κ2) is 5.83. The normalized spacial score (nSPS) is 13.4. The molecule has 0 unspecified atom stereocenters. The molecule has 4 aromatic heterocycles. The van der Waals surface area contributed by atoms with Crippen LogP contribution in [0, 0.1) is 0 Å². The number of anilines is 2. The molecule has 0 fully saturated rings. The number of aryl methyl sites for hydroxylation is 2. The van der Waals surface area contributed by atoms with Crippen LogP contribution in [-0.4, -0.2) is 36.0 Å². The van der Waals surface area contributed by atoms with Crippen LogP contribution in [0.3, 0.4) is 0 Å². The van der Waals surface area contributed by atoms with Crippen molar-refractivity contribution < 1.29 is 4.74 Å². The summed E-state index contributed by atoms with van der Waals surface area (Å²) >= 11 is 0. The minimum Gasteiger partial charge on any atom is -0.478 e. The third-order valence-corrected chi connectivity index (χ3v) is 4.50. The Bertz CT molecular complexity index is 1100. The first-order valence-electron chi connectivity index (χ1n) is 8.50. The minimum absolute atomic E-state index is 0.686. The molecule has 1 aliphatic rings. The standard InChI is InChI=1S/C18H17N7O/c1-24-15(5-7-20-24)21-14-9-12(4-6-19-14)13-10-17-23-22-16-3-2-8-26-18(11-13)25(16)17/h4-7,9-11H,2-3,8H2,1H3,(H,19,21). The lowest BCUT2D eigenvalue weighted by Gasteiger charge is -2.10. The zero-order valence-electron chi connectivity index (χ0n) is 14.3. The fourth-order valence-corrected chi connectivity index (χ4v) is 3.19. The maximum absolute atomic E-state index is 5.91. The highest BCUT2D eigenvalue weighted by Gasteiger charge is 2.16. The third-order valence-electron chi connectivity index (χ3n) is 4.50. The van der Waals surface area contributed by atoms with Gasteiger partial charge in [0.25, 0.3) is 0 Å². The van der Waals surface area contributed by atoms with Crippen LogP contribution in [0.25, 0.3) is 16.8 Å². The van der Waals surface area contributed by atoms with Gasteiger partial charge in [0.05, 0.1) is 12.8 Å². The second-order valence-corrected chi connectivity index (χ2v) is 6.24. The van der Waals surface area contributed by atoms with Gasteiger partial charge in [0.1, 0.15) is 17.5 Å². The minimum atomic E-state index is 0.686. The summed E-state index contributed by atoms with van der Waals surface area (Å²) in [6.07, 6.45) is 5.35. The van der Waals surface area contributed by atoms with Crippen molar-refractivity contribution in [1.82, 2.24) is 29.4 Å². The summed E-state index contributed by atoms with van der Waals surface area (Å²) in [5, 5.41) is 16.0. The topological polar surface area (TPSA) is 82.2 Å². The van der Waals surface area contributed by atoms with Crippen LogP contribution >= 0.6 is 0 Å². The molecule has 8 nitrogen and oxygen atoms in total. The Hall–Kier alpha value is -3.42. The van der Waals surface area contributed by atoms with Gasteiger partial charge >= 0.3 is 0 Å². The highest BCUT2D eigenvalue weighted by Crippen LogP contribution is 2.29. The summed E-state index contributed by atoms with van der Waals surface area (Å²) < 4.78 is 9.67. The van der Waals surface area contributed by atoms with Crippen LogP contribution < -0.4 is 10.1 Å². The Morgan fingerprint density at radius 3 is 2.92 bits per heavy atom. The van der Waals surface area contributed by atoms with Gasteiger partial charge in [-0.3, -0.25) is 4.68 Å². The van der Waals surface area contributed by atoms with E-state index >= 15 is 0 Å². The van der Waals surface area contributed by atoms with Gasteiger partial charge in [0.15, 0.2) is 5.65 Å². The van der Waals surface area contributed by atoms with Crippen molar-refractivity contribution in [2.75, 3.05) is 11.9 Å². The van der Waals surface area contributed by atoms with Gasteiger partial charge in [0, 0.05) is 31.8 Å². The monoisotopic (exact) mass is 347 g/mol. The van der Waals surface area contributed by atoms with Gasteiger partial charge < -0.3 is 10.1 Å². The van der Waals surface area contributed by atoms with Gasteiger partial charge in [-0.1, -0.05) is 0 Å². The lowest BCUT2D eigenvalue weighted by Crippen LogP contribution is -2.01. The Labute approximate surface area is 149 Å². The lowest BCUT2D eigenvalue weighted by molar-refractivity contribution is 0.306. The molecule has 1 N–H and O–H groups in total. The smallest absolute Gasteiger partial charge is 0.201 e. The third kappa shape index (κ3) is 2.46. The van der Waals surface area contributed by atoms with Crippen molar-refractivity contribution in [2.45, 2.75) is 12.8 Å². The molecule has 5 rings (SSSR count). The molecule has 0 saturated carbocycles. The summed E-state index contributed by atoms with van der Waals surface area (Å²) in [7, 11) is 1.88. The molecular weight excluding hydrogens is 330 g/mol. The van der Waals surface area contributed by atoms with E-state index in [1.807, 2.05) is 41.8 Å². The number of ether oxygens (including phenoxy) is 1.